The Morgan fingerprint density at radius 2 is 1.65 bits per heavy atom. The van der Waals surface area contributed by atoms with Crippen LogP contribution >= 0.6 is 0 Å². The van der Waals surface area contributed by atoms with E-state index in [2.05, 4.69) is 0 Å². The molecule has 2 aromatic rings. The number of aromatic hydroxyl groups is 2. The maximum absolute atomic E-state index is 12.5. The third kappa shape index (κ3) is 3.59. The van der Waals surface area contributed by atoms with Crippen LogP contribution < -0.4 is 0 Å². The minimum absolute atomic E-state index is 0.128. The fourth-order valence-electron chi connectivity index (χ4n) is 3.32. The summed E-state index contributed by atoms with van der Waals surface area (Å²) in [5, 5.41) is 21.3. The van der Waals surface area contributed by atoms with Gasteiger partial charge in [-0.25, -0.2) is 4.79 Å². The van der Waals surface area contributed by atoms with Crippen molar-refractivity contribution in [3.05, 3.63) is 35.9 Å². The molecule has 26 heavy (non-hydrogen) atoms. The van der Waals surface area contributed by atoms with E-state index in [1.165, 1.54) is 13.0 Å². The van der Waals surface area contributed by atoms with E-state index in [1.54, 1.807) is 29.2 Å². The van der Waals surface area contributed by atoms with Gasteiger partial charge in [-0.3, -0.25) is 4.79 Å². The number of esters is 1. The maximum atomic E-state index is 12.5. The number of likely N-dealkylation sites (tertiary alicyclic amines) is 1. The second kappa shape index (κ2) is 7.64. The van der Waals surface area contributed by atoms with Crippen LogP contribution in [0, 0.1) is 0 Å². The molecule has 1 fully saturated rings. The van der Waals surface area contributed by atoms with Gasteiger partial charge < -0.3 is 19.8 Å². The molecule has 0 bridgehead atoms. The predicted molar refractivity (Wildman–Crippen MR) is 97.2 cm³/mol. The molecule has 1 aliphatic heterocycles. The predicted octanol–water partition coefficient (Wildman–Crippen LogP) is 3.20. The number of amides is 1. The Bertz CT molecular complexity index is 824. The smallest absolute Gasteiger partial charge is 0.342 e. The molecule has 0 spiro atoms. The van der Waals surface area contributed by atoms with E-state index in [0.717, 1.165) is 25.7 Å². The Kier molecular flexibility index (Phi) is 5.30. The zero-order chi connectivity index (χ0) is 18.7. The van der Waals surface area contributed by atoms with Gasteiger partial charge in [-0.2, -0.15) is 0 Å². The number of nitrogens with zero attached hydrogens (tertiary/aromatic N) is 1. The quantitative estimate of drug-likeness (QED) is 0.651. The molecule has 0 radical (unpaired) electrons. The van der Waals surface area contributed by atoms with E-state index >= 15 is 0 Å². The lowest BCUT2D eigenvalue weighted by atomic mass is 10.0. The SMILES string of the molecule is C[C@@H](OC(=O)c1cc(O)c2ccccc2c1O)C(=O)N1CCCCCC1. The van der Waals surface area contributed by atoms with E-state index < -0.39 is 12.1 Å². The highest BCUT2D eigenvalue weighted by atomic mass is 16.5. The summed E-state index contributed by atoms with van der Waals surface area (Å²) in [7, 11) is 0. The van der Waals surface area contributed by atoms with Crippen LogP contribution in [-0.4, -0.2) is 46.2 Å². The summed E-state index contributed by atoms with van der Waals surface area (Å²) in [6, 6.07) is 7.84. The standard InChI is InChI=1S/C20H23NO5/c1-13(19(24)21-10-6-2-3-7-11-21)26-20(25)16-12-17(22)14-8-4-5-9-15(14)18(16)23/h4-5,8-9,12-13,22-23H,2-3,6-7,10-11H2,1H3/t13-/m1/s1. The molecule has 1 saturated heterocycles. The first-order valence-corrected chi connectivity index (χ1v) is 8.92. The van der Waals surface area contributed by atoms with Crippen LogP contribution in [0.25, 0.3) is 10.8 Å². The summed E-state index contributed by atoms with van der Waals surface area (Å²) >= 11 is 0. The highest BCUT2D eigenvalue weighted by Gasteiger charge is 2.26. The molecule has 1 heterocycles. The first-order valence-electron chi connectivity index (χ1n) is 8.92. The molecule has 1 amide bonds. The van der Waals surface area contributed by atoms with Crippen LogP contribution in [0.1, 0.15) is 43.0 Å². The molecular formula is C20H23NO5. The monoisotopic (exact) mass is 357 g/mol. The Labute approximate surface area is 152 Å². The number of phenols is 2. The number of hydrogen-bond donors (Lipinski definition) is 2. The zero-order valence-electron chi connectivity index (χ0n) is 14.8. The molecule has 2 N–H and O–H groups in total. The molecule has 1 aliphatic rings. The van der Waals surface area contributed by atoms with Crippen molar-refractivity contribution in [2.45, 2.75) is 38.7 Å². The highest BCUT2D eigenvalue weighted by Crippen LogP contribution is 2.35. The third-order valence-corrected chi connectivity index (χ3v) is 4.76. The zero-order valence-corrected chi connectivity index (χ0v) is 14.8. The number of carbonyl (C=O) groups excluding carboxylic acids is 2. The topological polar surface area (TPSA) is 87.1 Å². The molecule has 0 aliphatic carbocycles. The van der Waals surface area contributed by atoms with Crippen LogP contribution in [0.2, 0.25) is 0 Å². The van der Waals surface area contributed by atoms with E-state index in [9.17, 15) is 19.8 Å². The van der Waals surface area contributed by atoms with Crippen molar-refractivity contribution in [3.63, 3.8) is 0 Å². The van der Waals surface area contributed by atoms with Crippen LogP contribution in [0.3, 0.4) is 0 Å². The van der Waals surface area contributed by atoms with E-state index in [-0.39, 0.29) is 23.0 Å². The van der Waals surface area contributed by atoms with Gasteiger partial charge in [-0.1, -0.05) is 37.1 Å². The average Bonchev–Trinajstić information content (AvgIpc) is 2.93. The summed E-state index contributed by atoms with van der Waals surface area (Å²) in [6.45, 7) is 2.87. The number of phenolic OH excluding ortho intramolecular Hbond substituents is 2. The Morgan fingerprint density at radius 3 is 2.31 bits per heavy atom. The fraction of sp³-hybridized carbons (Fsp3) is 0.400. The number of ether oxygens (including phenoxy) is 1. The van der Waals surface area contributed by atoms with E-state index in [1.807, 2.05) is 0 Å². The summed E-state index contributed by atoms with van der Waals surface area (Å²) in [5.74, 6) is -1.46. The molecule has 1 atom stereocenters. The van der Waals surface area contributed by atoms with Gasteiger partial charge in [0, 0.05) is 23.9 Å². The van der Waals surface area contributed by atoms with Gasteiger partial charge in [0.05, 0.1) is 0 Å². The van der Waals surface area contributed by atoms with Gasteiger partial charge in [-0.05, 0) is 25.8 Å². The molecule has 6 heteroatoms. The first kappa shape index (κ1) is 18.0. The fourth-order valence-corrected chi connectivity index (χ4v) is 3.32. The number of benzene rings is 2. The molecule has 0 aromatic heterocycles. The van der Waals surface area contributed by atoms with Crippen molar-refractivity contribution in [3.8, 4) is 11.5 Å². The number of rotatable bonds is 3. The van der Waals surface area contributed by atoms with Crippen molar-refractivity contribution in [2.24, 2.45) is 0 Å². The minimum atomic E-state index is -0.950. The van der Waals surface area contributed by atoms with Gasteiger partial charge >= 0.3 is 5.97 Å². The van der Waals surface area contributed by atoms with E-state index in [0.29, 0.717) is 23.9 Å². The van der Waals surface area contributed by atoms with Gasteiger partial charge in [0.15, 0.2) is 6.10 Å². The molecule has 6 nitrogen and oxygen atoms in total. The normalized spacial score (nSPS) is 16.1. The second-order valence-corrected chi connectivity index (χ2v) is 6.62. The largest absolute Gasteiger partial charge is 0.507 e. The third-order valence-electron chi connectivity index (χ3n) is 4.76. The Balaban J connectivity index is 1.78. The first-order chi connectivity index (χ1) is 12.5. The van der Waals surface area contributed by atoms with Crippen molar-refractivity contribution in [1.29, 1.82) is 0 Å². The van der Waals surface area contributed by atoms with E-state index in [4.69, 9.17) is 4.74 Å². The van der Waals surface area contributed by atoms with Crippen molar-refractivity contribution in [2.75, 3.05) is 13.1 Å². The van der Waals surface area contributed by atoms with Crippen LogP contribution in [0.15, 0.2) is 30.3 Å². The Hall–Kier alpha value is -2.76. The summed E-state index contributed by atoms with van der Waals surface area (Å²) < 4.78 is 5.28. The van der Waals surface area contributed by atoms with Gasteiger partial charge in [0.25, 0.3) is 5.91 Å². The Morgan fingerprint density at radius 1 is 1.04 bits per heavy atom. The molecule has 0 saturated carbocycles. The lowest BCUT2D eigenvalue weighted by Crippen LogP contribution is -2.40. The molecule has 0 unspecified atom stereocenters. The summed E-state index contributed by atoms with van der Waals surface area (Å²) in [5.41, 5.74) is -0.156. The lowest BCUT2D eigenvalue weighted by molar-refractivity contribution is -0.139. The van der Waals surface area contributed by atoms with Crippen LogP contribution in [0.4, 0.5) is 0 Å². The van der Waals surface area contributed by atoms with Crippen LogP contribution in [-0.2, 0) is 9.53 Å². The van der Waals surface area contributed by atoms with Crippen molar-refractivity contribution in [1.82, 2.24) is 4.90 Å². The summed E-state index contributed by atoms with van der Waals surface area (Å²) in [4.78, 5) is 26.7. The molecule has 3 rings (SSSR count). The number of hydrogen-bond acceptors (Lipinski definition) is 5. The van der Waals surface area contributed by atoms with Crippen molar-refractivity contribution >= 4 is 22.6 Å². The number of carbonyl (C=O) groups is 2. The average molecular weight is 357 g/mol. The number of fused-ring (bicyclic) bond motifs is 1. The molecular weight excluding hydrogens is 334 g/mol. The van der Waals surface area contributed by atoms with Crippen LogP contribution in [0.5, 0.6) is 11.5 Å². The maximum Gasteiger partial charge on any atom is 0.342 e. The van der Waals surface area contributed by atoms with Gasteiger partial charge in [0.2, 0.25) is 0 Å². The van der Waals surface area contributed by atoms with Crippen molar-refractivity contribution < 1.29 is 24.5 Å². The lowest BCUT2D eigenvalue weighted by Gasteiger charge is -2.24. The molecule has 138 valence electrons. The van der Waals surface area contributed by atoms with Gasteiger partial charge in [0.1, 0.15) is 17.1 Å². The van der Waals surface area contributed by atoms with Gasteiger partial charge in [-0.15, -0.1) is 0 Å². The second-order valence-electron chi connectivity index (χ2n) is 6.62. The molecule has 2 aromatic carbocycles. The summed E-state index contributed by atoms with van der Waals surface area (Å²) in [6.07, 6.45) is 3.15. The highest BCUT2D eigenvalue weighted by molar-refractivity contribution is 6.04. The minimum Gasteiger partial charge on any atom is -0.507 e.